The van der Waals surface area contributed by atoms with Gasteiger partial charge in [0.15, 0.2) is 11.5 Å². The minimum atomic E-state index is -0.608. The Hall–Kier alpha value is -3.33. The average Bonchev–Trinajstić information content (AvgIpc) is 2.82. The first-order chi connectivity index (χ1) is 16.6. The monoisotopic (exact) mass is 485 g/mol. The van der Waals surface area contributed by atoms with Gasteiger partial charge in [-0.3, -0.25) is 14.9 Å². The van der Waals surface area contributed by atoms with Crippen LogP contribution in [0.25, 0.3) is 0 Å². The number of phenolic OH excluding ortho intramolecular Hbond substituents is 2. The van der Waals surface area contributed by atoms with Gasteiger partial charge in [0, 0.05) is 18.8 Å². The molecule has 2 aromatic carbocycles. The van der Waals surface area contributed by atoms with Crippen LogP contribution >= 0.6 is 0 Å². The summed E-state index contributed by atoms with van der Waals surface area (Å²) in [5.74, 6) is 0.550. The first-order valence-electron chi connectivity index (χ1n) is 12.0. The van der Waals surface area contributed by atoms with Gasteiger partial charge in [0.05, 0.1) is 22.7 Å². The highest BCUT2D eigenvalue weighted by Crippen LogP contribution is 2.35. The molecule has 1 fully saturated rings. The van der Waals surface area contributed by atoms with Crippen LogP contribution in [0.15, 0.2) is 36.4 Å². The summed E-state index contributed by atoms with van der Waals surface area (Å²) in [5.41, 5.74) is 1.59. The van der Waals surface area contributed by atoms with Crippen molar-refractivity contribution in [2.24, 2.45) is 17.8 Å². The second kappa shape index (κ2) is 11.9. The lowest BCUT2D eigenvalue weighted by atomic mass is 9.75. The van der Waals surface area contributed by atoms with E-state index >= 15 is 0 Å². The zero-order valence-corrected chi connectivity index (χ0v) is 20.5. The molecule has 0 aromatic heterocycles. The maximum absolute atomic E-state index is 12.3. The van der Waals surface area contributed by atoms with E-state index in [0.29, 0.717) is 24.3 Å². The van der Waals surface area contributed by atoms with Crippen molar-refractivity contribution in [2.75, 3.05) is 11.9 Å². The zero-order valence-electron chi connectivity index (χ0n) is 20.5. The van der Waals surface area contributed by atoms with Gasteiger partial charge in [0.2, 0.25) is 5.91 Å². The van der Waals surface area contributed by atoms with E-state index in [4.69, 9.17) is 4.74 Å². The number of nitro benzene ring substituents is 1. The van der Waals surface area contributed by atoms with E-state index in [2.05, 4.69) is 31.4 Å². The van der Waals surface area contributed by atoms with E-state index in [9.17, 15) is 25.1 Å². The third-order valence-corrected chi connectivity index (χ3v) is 6.69. The van der Waals surface area contributed by atoms with Crippen LogP contribution < -0.4 is 10.6 Å². The van der Waals surface area contributed by atoms with Crippen molar-refractivity contribution in [3.63, 3.8) is 0 Å². The number of hydrogen-bond acceptors (Lipinski definition) is 7. The second-order valence-corrected chi connectivity index (χ2v) is 9.73. The largest absolute Gasteiger partial charge is 0.504 e. The number of carbonyl (C=O) groups excluding carboxylic acids is 1. The van der Waals surface area contributed by atoms with Gasteiger partial charge < -0.3 is 25.6 Å². The molecule has 0 spiro atoms. The predicted octanol–water partition coefficient (Wildman–Crippen LogP) is 4.71. The van der Waals surface area contributed by atoms with Crippen molar-refractivity contribution in [1.29, 1.82) is 0 Å². The van der Waals surface area contributed by atoms with E-state index in [0.717, 1.165) is 30.2 Å². The van der Waals surface area contributed by atoms with Crippen LogP contribution in [0.3, 0.4) is 0 Å². The molecular formula is C26H35N3O6. The van der Waals surface area contributed by atoms with Crippen LogP contribution in [-0.4, -0.2) is 33.8 Å². The molecule has 9 nitrogen and oxygen atoms in total. The van der Waals surface area contributed by atoms with Gasteiger partial charge in [-0.2, -0.15) is 0 Å². The fourth-order valence-electron chi connectivity index (χ4n) is 4.60. The molecule has 4 N–H and O–H groups in total. The Balaban J connectivity index is 1.47. The van der Waals surface area contributed by atoms with Gasteiger partial charge in [-0.05, 0) is 54.4 Å². The quantitative estimate of drug-likeness (QED) is 0.217. The summed E-state index contributed by atoms with van der Waals surface area (Å²) in [4.78, 5) is 22.9. The minimum Gasteiger partial charge on any atom is -0.504 e. The number of nitrogens with zero attached hydrogens (tertiary/aromatic N) is 1. The van der Waals surface area contributed by atoms with Gasteiger partial charge in [-0.25, -0.2) is 0 Å². The maximum Gasteiger partial charge on any atom is 0.278 e. The third kappa shape index (κ3) is 7.32. The first-order valence-corrected chi connectivity index (χ1v) is 12.0. The predicted molar refractivity (Wildman–Crippen MR) is 133 cm³/mol. The Morgan fingerprint density at radius 2 is 1.83 bits per heavy atom. The Bertz CT molecular complexity index is 1020. The highest BCUT2D eigenvalue weighted by Gasteiger charge is 2.31. The summed E-state index contributed by atoms with van der Waals surface area (Å²) in [6, 6.07) is 9.42. The zero-order chi connectivity index (χ0) is 25.5. The van der Waals surface area contributed by atoms with Crippen LogP contribution in [0.5, 0.6) is 11.5 Å². The Kier molecular flexibility index (Phi) is 8.92. The van der Waals surface area contributed by atoms with Crippen molar-refractivity contribution in [3.8, 4) is 11.5 Å². The van der Waals surface area contributed by atoms with Crippen molar-refractivity contribution in [1.82, 2.24) is 5.32 Å². The van der Waals surface area contributed by atoms with Crippen molar-refractivity contribution in [2.45, 2.75) is 59.2 Å². The van der Waals surface area contributed by atoms with Gasteiger partial charge in [0.25, 0.3) is 5.69 Å². The van der Waals surface area contributed by atoms with Gasteiger partial charge in [-0.15, -0.1) is 0 Å². The van der Waals surface area contributed by atoms with Gasteiger partial charge in [0.1, 0.15) is 6.61 Å². The molecule has 0 saturated heterocycles. The molecule has 3 rings (SSSR count). The number of phenols is 2. The molecule has 3 atom stereocenters. The molecule has 1 amide bonds. The number of benzene rings is 2. The molecular weight excluding hydrogens is 450 g/mol. The van der Waals surface area contributed by atoms with E-state index in [1.54, 1.807) is 12.1 Å². The molecule has 3 unspecified atom stereocenters. The van der Waals surface area contributed by atoms with E-state index in [1.165, 1.54) is 12.5 Å². The minimum absolute atomic E-state index is 0.0541. The third-order valence-electron chi connectivity index (χ3n) is 6.69. The number of anilines is 1. The highest BCUT2D eigenvalue weighted by atomic mass is 16.6. The normalized spacial score (nSPS) is 19.9. The summed E-state index contributed by atoms with van der Waals surface area (Å²) >= 11 is 0. The molecule has 0 radical (unpaired) electrons. The molecule has 2 aromatic rings. The molecule has 9 heteroatoms. The number of amides is 1. The molecule has 1 saturated carbocycles. The Morgan fingerprint density at radius 3 is 2.49 bits per heavy atom. The lowest BCUT2D eigenvalue weighted by Gasteiger charge is -2.37. The molecule has 1 aliphatic rings. The number of nitro groups is 1. The molecule has 0 bridgehead atoms. The van der Waals surface area contributed by atoms with Crippen LogP contribution in [-0.2, 0) is 22.6 Å². The molecule has 35 heavy (non-hydrogen) atoms. The number of aromatic hydroxyl groups is 2. The van der Waals surface area contributed by atoms with E-state index in [1.807, 2.05) is 12.1 Å². The summed E-state index contributed by atoms with van der Waals surface area (Å²) in [5, 5.41) is 36.3. The topological polar surface area (TPSA) is 134 Å². The van der Waals surface area contributed by atoms with Crippen molar-refractivity contribution < 1.29 is 24.7 Å². The summed E-state index contributed by atoms with van der Waals surface area (Å²) in [7, 11) is 0. The molecule has 190 valence electrons. The number of nitrogens with one attached hydrogen (secondary N) is 2. The Labute approximate surface area is 205 Å². The summed E-state index contributed by atoms with van der Waals surface area (Å²) < 4.78 is 6.01. The first kappa shape index (κ1) is 26.3. The number of carbonyl (C=O) groups is 1. The van der Waals surface area contributed by atoms with Gasteiger partial charge >= 0.3 is 0 Å². The van der Waals surface area contributed by atoms with Crippen LogP contribution in [0.1, 0.15) is 51.2 Å². The molecule has 1 aliphatic carbocycles. The lowest BCUT2D eigenvalue weighted by Crippen LogP contribution is -2.37. The SMILES string of the molecule is CC1CCC(C(C)C)C(OCC(=O)NCc2ccc(NCc3cc(O)c(O)cc3[N+](=O)[O-])cc2)C1. The second-order valence-electron chi connectivity index (χ2n) is 9.73. The average molecular weight is 486 g/mol. The molecule has 0 heterocycles. The van der Waals surface area contributed by atoms with Gasteiger partial charge in [-0.1, -0.05) is 39.3 Å². The van der Waals surface area contributed by atoms with Crippen molar-refractivity contribution in [3.05, 3.63) is 57.6 Å². The Morgan fingerprint density at radius 1 is 1.14 bits per heavy atom. The standard InChI is InChI=1S/C26H35N3O6/c1-16(2)21-9-4-17(3)10-25(21)35-15-26(32)28-13-18-5-7-20(8-6-18)27-14-19-11-23(30)24(31)12-22(19)29(33)34/h5-8,11-12,16-17,21,25,27,30-31H,4,9-10,13-15H2,1-3H3,(H,28,32). The molecule has 0 aliphatic heterocycles. The van der Waals surface area contributed by atoms with Crippen LogP contribution in [0, 0.1) is 27.9 Å². The summed E-state index contributed by atoms with van der Waals surface area (Å²) in [6.45, 7) is 7.18. The van der Waals surface area contributed by atoms with E-state index < -0.39 is 16.4 Å². The maximum atomic E-state index is 12.3. The fourth-order valence-corrected chi connectivity index (χ4v) is 4.60. The number of hydrogen-bond donors (Lipinski definition) is 4. The fraction of sp³-hybridized carbons (Fsp3) is 0.500. The number of rotatable bonds is 10. The van der Waals surface area contributed by atoms with Crippen molar-refractivity contribution >= 4 is 17.3 Å². The lowest BCUT2D eigenvalue weighted by molar-refractivity contribution is -0.385. The summed E-state index contributed by atoms with van der Waals surface area (Å²) in [6.07, 6.45) is 3.49. The van der Waals surface area contributed by atoms with Crippen LogP contribution in [0.4, 0.5) is 11.4 Å². The highest BCUT2D eigenvalue weighted by molar-refractivity contribution is 5.77. The smallest absolute Gasteiger partial charge is 0.278 e. The van der Waals surface area contributed by atoms with Crippen LogP contribution in [0.2, 0.25) is 0 Å². The van der Waals surface area contributed by atoms with E-state index in [-0.39, 0.29) is 36.4 Å². The number of ether oxygens (including phenoxy) is 1.